The maximum Gasteiger partial charge on any atom is 0.247 e. The maximum atomic E-state index is 13.0. The lowest BCUT2D eigenvalue weighted by molar-refractivity contribution is -0.122. The van der Waals surface area contributed by atoms with E-state index in [0.29, 0.717) is 12.1 Å². The van der Waals surface area contributed by atoms with Crippen LogP contribution in [0, 0.1) is 12.7 Å². The van der Waals surface area contributed by atoms with E-state index < -0.39 is 11.4 Å². The Morgan fingerprint density at radius 2 is 1.71 bits per heavy atom. The van der Waals surface area contributed by atoms with Crippen molar-refractivity contribution in [3.63, 3.8) is 0 Å². The van der Waals surface area contributed by atoms with Crippen LogP contribution in [-0.4, -0.2) is 5.91 Å². The number of hydrogen-bond acceptors (Lipinski definition) is 2. The number of primary amides is 1. The van der Waals surface area contributed by atoms with Crippen LogP contribution < -0.4 is 11.1 Å². The molecule has 0 aliphatic rings. The summed E-state index contributed by atoms with van der Waals surface area (Å²) in [5.41, 5.74) is 7.20. The molecule has 0 saturated carbocycles. The first-order chi connectivity index (χ1) is 9.98. The van der Waals surface area contributed by atoms with Gasteiger partial charge in [-0.05, 0) is 43.2 Å². The number of aryl methyl sites for hydroxylation is 1. The molecule has 110 valence electrons. The number of benzene rings is 2. The largest absolute Gasteiger partial charge is 0.368 e. The Morgan fingerprint density at radius 3 is 2.19 bits per heavy atom. The second-order valence-electron chi connectivity index (χ2n) is 5.12. The van der Waals surface area contributed by atoms with Crippen LogP contribution in [0.15, 0.2) is 48.5 Å². The summed E-state index contributed by atoms with van der Waals surface area (Å²) < 4.78 is 13.0. The van der Waals surface area contributed by atoms with Crippen molar-refractivity contribution in [3.05, 3.63) is 65.5 Å². The van der Waals surface area contributed by atoms with Crippen LogP contribution in [0.3, 0.4) is 0 Å². The molecule has 2 rings (SSSR count). The highest BCUT2D eigenvalue weighted by molar-refractivity contribution is 5.89. The van der Waals surface area contributed by atoms with E-state index in [1.807, 2.05) is 38.1 Å². The topological polar surface area (TPSA) is 55.1 Å². The molecule has 0 aromatic heterocycles. The fourth-order valence-electron chi connectivity index (χ4n) is 2.36. The number of rotatable bonds is 5. The van der Waals surface area contributed by atoms with Crippen LogP contribution in [0.25, 0.3) is 0 Å². The number of carbonyl (C=O) groups excluding carboxylic acids is 1. The van der Waals surface area contributed by atoms with Gasteiger partial charge in [0, 0.05) is 5.69 Å². The Balaban J connectivity index is 2.44. The van der Waals surface area contributed by atoms with Gasteiger partial charge >= 0.3 is 0 Å². The van der Waals surface area contributed by atoms with E-state index in [1.54, 1.807) is 12.1 Å². The fourth-order valence-corrected chi connectivity index (χ4v) is 2.36. The molecule has 1 amide bonds. The maximum absolute atomic E-state index is 13.0. The van der Waals surface area contributed by atoms with Crippen molar-refractivity contribution in [1.82, 2.24) is 0 Å². The van der Waals surface area contributed by atoms with Crippen molar-refractivity contribution in [2.24, 2.45) is 5.73 Å². The van der Waals surface area contributed by atoms with Gasteiger partial charge in [0.2, 0.25) is 5.91 Å². The Labute approximate surface area is 124 Å². The molecule has 21 heavy (non-hydrogen) atoms. The molecule has 0 bridgehead atoms. The number of anilines is 1. The average Bonchev–Trinajstić information content (AvgIpc) is 2.47. The number of halogens is 1. The Morgan fingerprint density at radius 1 is 1.14 bits per heavy atom. The summed E-state index contributed by atoms with van der Waals surface area (Å²) in [5.74, 6) is -0.782. The molecule has 2 aromatic carbocycles. The number of carbonyl (C=O) groups is 1. The first-order valence-electron chi connectivity index (χ1n) is 6.89. The highest BCUT2D eigenvalue weighted by Gasteiger charge is 2.36. The summed E-state index contributed by atoms with van der Waals surface area (Å²) in [6.07, 6.45) is 0.489. The summed E-state index contributed by atoms with van der Waals surface area (Å²) in [7, 11) is 0. The molecule has 2 aromatic rings. The number of nitrogens with two attached hydrogens (primary N) is 1. The minimum absolute atomic E-state index is 0.322. The number of amides is 1. The molecule has 1 unspecified atom stereocenters. The van der Waals surface area contributed by atoms with Crippen molar-refractivity contribution in [2.45, 2.75) is 25.8 Å². The van der Waals surface area contributed by atoms with Gasteiger partial charge in [0.15, 0.2) is 0 Å². The molecule has 3 nitrogen and oxygen atoms in total. The molecule has 3 N–H and O–H groups in total. The third-order valence-corrected chi connectivity index (χ3v) is 3.70. The van der Waals surface area contributed by atoms with Crippen molar-refractivity contribution < 1.29 is 9.18 Å². The van der Waals surface area contributed by atoms with Gasteiger partial charge in [-0.3, -0.25) is 4.79 Å². The van der Waals surface area contributed by atoms with E-state index in [1.165, 1.54) is 12.1 Å². The molecule has 0 spiro atoms. The molecule has 0 heterocycles. The molecular formula is C17H19FN2O. The highest BCUT2D eigenvalue weighted by Crippen LogP contribution is 2.30. The minimum atomic E-state index is -1.01. The standard InChI is InChI=1S/C17H19FN2O/c1-3-17(16(19)21,13-6-4-12(2)5-7-13)20-15-10-8-14(18)9-11-15/h4-11,20H,3H2,1-2H3,(H2,19,21). The van der Waals surface area contributed by atoms with E-state index >= 15 is 0 Å². The summed E-state index contributed by atoms with van der Waals surface area (Å²) in [4.78, 5) is 12.1. The van der Waals surface area contributed by atoms with Crippen LogP contribution >= 0.6 is 0 Å². The van der Waals surface area contributed by atoms with Gasteiger partial charge in [0.25, 0.3) is 0 Å². The summed E-state index contributed by atoms with van der Waals surface area (Å²) in [6, 6.07) is 13.5. The van der Waals surface area contributed by atoms with Gasteiger partial charge < -0.3 is 11.1 Å². The molecule has 0 saturated heterocycles. The SMILES string of the molecule is CCC(Nc1ccc(F)cc1)(C(N)=O)c1ccc(C)cc1. The zero-order chi connectivity index (χ0) is 15.5. The number of hydrogen-bond donors (Lipinski definition) is 2. The monoisotopic (exact) mass is 286 g/mol. The molecule has 0 aliphatic carbocycles. The van der Waals surface area contributed by atoms with Crippen LogP contribution in [0.2, 0.25) is 0 Å². The van der Waals surface area contributed by atoms with E-state index in [-0.39, 0.29) is 5.82 Å². The van der Waals surface area contributed by atoms with Crippen molar-refractivity contribution in [1.29, 1.82) is 0 Å². The third-order valence-electron chi connectivity index (χ3n) is 3.70. The summed E-state index contributed by atoms with van der Waals surface area (Å²) in [6.45, 7) is 3.87. The molecule has 0 radical (unpaired) electrons. The normalized spacial score (nSPS) is 13.5. The van der Waals surface area contributed by atoms with E-state index in [0.717, 1.165) is 11.1 Å². The predicted octanol–water partition coefficient (Wildman–Crippen LogP) is 3.34. The van der Waals surface area contributed by atoms with Gasteiger partial charge in [-0.1, -0.05) is 36.8 Å². The van der Waals surface area contributed by atoms with Gasteiger partial charge in [-0.15, -0.1) is 0 Å². The van der Waals surface area contributed by atoms with Crippen molar-refractivity contribution in [3.8, 4) is 0 Å². The fraction of sp³-hybridized carbons (Fsp3) is 0.235. The highest BCUT2D eigenvalue weighted by atomic mass is 19.1. The predicted molar refractivity (Wildman–Crippen MR) is 82.4 cm³/mol. The second-order valence-corrected chi connectivity index (χ2v) is 5.12. The van der Waals surface area contributed by atoms with Crippen molar-refractivity contribution >= 4 is 11.6 Å². The van der Waals surface area contributed by atoms with E-state index in [2.05, 4.69) is 5.32 Å². The summed E-state index contributed by atoms with van der Waals surface area (Å²) in [5, 5.41) is 3.16. The van der Waals surface area contributed by atoms with Gasteiger partial charge in [0.1, 0.15) is 11.4 Å². The third kappa shape index (κ3) is 3.05. The molecule has 0 fully saturated rings. The smallest absolute Gasteiger partial charge is 0.247 e. The first-order valence-corrected chi connectivity index (χ1v) is 6.89. The second kappa shape index (κ2) is 5.95. The molecule has 0 aliphatic heterocycles. The van der Waals surface area contributed by atoms with Crippen LogP contribution in [0.1, 0.15) is 24.5 Å². The first kappa shape index (κ1) is 15.0. The van der Waals surface area contributed by atoms with E-state index in [4.69, 9.17) is 5.73 Å². The minimum Gasteiger partial charge on any atom is -0.368 e. The van der Waals surface area contributed by atoms with Gasteiger partial charge in [-0.25, -0.2) is 4.39 Å². The Hall–Kier alpha value is -2.36. The van der Waals surface area contributed by atoms with Crippen LogP contribution in [0.4, 0.5) is 10.1 Å². The van der Waals surface area contributed by atoms with E-state index in [9.17, 15) is 9.18 Å². The number of nitrogens with one attached hydrogen (secondary N) is 1. The van der Waals surface area contributed by atoms with Crippen LogP contribution in [-0.2, 0) is 10.3 Å². The van der Waals surface area contributed by atoms with Gasteiger partial charge in [-0.2, -0.15) is 0 Å². The Bertz CT molecular complexity index is 622. The zero-order valence-corrected chi connectivity index (χ0v) is 12.2. The molecule has 1 atom stereocenters. The lowest BCUT2D eigenvalue weighted by atomic mass is 9.85. The quantitative estimate of drug-likeness (QED) is 0.885. The molecule has 4 heteroatoms. The average molecular weight is 286 g/mol. The van der Waals surface area contributed by atoms with Crippen LogP contribution in [0.5, 0.6) is 0 Å². The molecular weight excluding hydrogens is 267 g/mol. The lowest BCUT2D eigenvalue weighted by Gasteiger charge is -2.32. The lowest BCUT2D eigenvalue weighted by Crippen LogP contribution is -2.47. The zero-order valence-electron chi connectivity index (χ0n) is 12.2. The summed E-state index contributed by atoms with van der Waals surface area (Å²) >= 11 is 0. The van der Waals surface area contributed by atoms with Gasteiger partial charge in [0.05, 0.1) is 0 Å². The Kier molecular flexibility index (Phi) is 4.26. The van der Waals surface area contributed by atoms with Crippen molar-refractivity contribution in [2.75, 3.05) is 5.32 Å².